The van der Waals surface area contributed by atoms with Crippen molar-refractivity contribution in [2.45, 2.75) is 31.6 Å². The summed E-state index contributed by atoms with van der Waals surface area (Å²) in [5.74, 6) is -1.02. The molecule has 1 N–H and O–H groups in total. The summed E-state index contributed by atoms with van der Waals surface area (Å²) in [6.07, 6.45) is 1.69. The van der Waals surface area contributed by atoms with Gasteiger partial charge in [-0.2, -0.15) is 0 Å². The molecular weight excluding hydrogens is 223 g/mol. The van der Waals surface area contributed by atoms with Crippen molar-refractivity contribution < 1.29 is 19.0 Å². The molecule has 4 heteroatoms. The molecule has 0 spiro atoms. The molecule has 0 heterocycles. The van der Waals surface area contributed by atoms with Crippen molar-refractivity contribution in [3.8, 4) is 5.75 Å². The molecule has 1 aromatic rings. The van der Waals surface area contributed by atoms with Crippen LogP contribution >= 0.6 is 0 Å². The number of aliphatic carboxylic acids is 1. The van der Waals surface area contributed by atoms with E-state index >= 15 is 0 Å². The van der Waals surface area contributed by atoms with Gasteiger partial charge in [-0.05, 0) is 37.0 Å². The van der Waals surface area contributed by atoms with Crippen LogP contribution in [0.15, 0.2) is 12.1 Å². The van der Waals surface area contributed by atoms with Gasteiger partial charge >= 0.3 is 5.97 Å². The SMILES string of the molecule is COc1c(C)cc(C2(CC(=O)O)CC2)cc1F. The first-order valence-electron chi connectivity index (χ1n) is 5.55. The zero-order chi connectivity index (χ0) is 12.6. The minimum atomic E-state index is -0.837. The molecule has 0 bridgehead atoms. The Bertz CT molecular complexity index is 441. The minimum absolute atomic E-state index is 0.0677. The molecule has 0 aliphatic heterocycles. The van der Waals surface area contributed by atoms with Crippen LogP contribution < -0.4 is 4.74 Å². The van der Waals surface area contributed by atoms with Crippen molar-refractivity contribution in [3.63, 3.8) is 0 Å². The summed E-state index contributed by atoms with van der Waals surface area (Å²) in [5.41, 5.74) is 1.12. The van der Waals surface area contributed by atoms with Crippen LogP contribution in [0.2, 0.25) is 0 Å². The number of benzene rings is 1. The zero-order valence-electron chi connectivity index (χ0n) is 9.92. The number of methoxy groups -OCH3 is 1. The average molecular weight is 238 g/mol. The molecule has 3 nitrogen and oxygen atoms in total. The van der Waals surface area contributed by atoms with Gasteiger partial charge in [-0.1, -0.05) is 6.07 Å². The van der Waals surface area contributed by atoms with E-state index in [-0.39, 0.29) is 17.6 Å². The van der Waals surface area contributed by atoms with E-state index in [1.807, 2.05) is 6.07 Å². The molecule has 92 valence electrons. The maximum atomic E-state index is 13.7. The van der Waals surface area contributed by atoms with Crippen molar-refractivity contribution >= 4 is 5.97 Å². The molecule has 0 unspecified atom stereocenters. The van der Waals surface area contributed by atoms with Crippen molar-refractivity contribution in [2.24, 2.45) is 0 Å². The van der Waals surface area contributed by atoms with Crippen molar-refractivity contribution in [1.29, 1.82) is 0 Å². The number of hydrogen-bond donors (Lipinski definition) is 1. The van der Waals surface area contributed by atoms with E-state index in [2.05, 4.69) is 0 Å². The van der Waals surface area contributed by atoms with Gasteiger partial charge in [0.1, 0.15) is 0 Å². The summed E-state index contributed by atoms with van der Waals surface area (Å²) in [7, 11) is 1.43. The van der Waals surface area contributed by atoms with E-state index in [1.54, 1.807) is 6.92 Å². The Labute approximate surface area is 99.2 Å². The molecule has 17 heavy (non-hydrogen) atoms. The third kappa shape index (κ3) is 2.12. The summed E-state index contributed by atoms with van der Waals surface area (Å²) < 4.78 is 18.7. The number of rotatable bonds is 4. The zero-order valence-corrected chi connectivity index (χ0v) is 9.92. The Morgan fingerprint density at radius 1 is 1.53 bits per heavy atom. The lowest BCUT2D eigenvalue weighted by molar-refractivity contribution is -0.137. The Morgan fingerprint density at radius 2 is 2.18 bits per heavy atom. The van der Waals surface area contributed by atoms with Crippen LogP contribution in [0.25, 0.3) is 0 Å². The second-order valence-corrected chi connectivity index (χ2v) is 4.66. The van der Waals surface area contributed by atoms with Gasteiger partial charge in [0.05, 0.1) is 13.5 Å². The molecule has 1 aliphatic carbocycles. The van der Waals surface area contributed by atoms with Crippen LogP contribution in [0.4, 0.5) is 4.39 Å². The molecule has 0 atom stereocenters. The standard InChI is InChI=1S/C13H15FO3/c1-8-5-9(6-10(14)12(8)17-2)13(3-4-13)7-11(15)16/h5-6H,3-4,7H2,1-2H3,(H,15,16). The maximum absolute atomic E-state index is 13.7. The van der Waals surface area contributed by atoms with Gasteiger partial charge in [-0.15, -0.1) is 0 Å². The third-order valence-corrected chi connectivity index (χ3v) is 3.39. The summed E-state index contributed by atoms with van der Waals surface area (Å²) >= 11 is 0. The summed E-state index contributed by atoms with van der Waals surface area (Å²) in [5, 5.41) is 8.87. The van der Waals surface area contributed by atoms with Crippen molar-refractivity contribution in [2.75, 3.05) is 7.11 Å². The van der Waals surface area contributed by atoms with Crippen molar-refractivity contribution in [3.05, 3.63) is 29.1 Å². The number of carboxylic acids is 1. The fourth-order valence-electron chi connectivity index (χ4n) is 2.30. The fraction of sp³-hybridized carbons (Fsp3) is 0.462. The predicted octanol–water partition coefficient (Wildman–Crippen LogP) is 2.65. The Hall–Kier alpha value is -1.58. The van der Waals surface area contributed by atoms with Crippen LogP contribution in [0.1, 0.15) is 30.4 Å². The Balaban J connectivity index is 2.37. The van der Waals surface area contributed by atoms with Gasteiger partial charge in [0, 0.05) is 5.41 Å². The first kappa shape index (κ1) is 11.9. The van der Waals surface area contributed by atoms with E-state index in [1.165, 1.54) is 13.2 Å². The summed E-state index contributed by atoms with van der Waals surface area (Å²) in [4.78, 5) is 10.8. The van der Waals surface area contributed by atoms with E-state index < -0.39 is 11.8 Å². The number of carboxylic acid groups (broad SMARTS) is 1. The molecule has 0 radical (unpaired) electrons. The molecule has 1 aromatic carbocycles. The second kappa shape index (κ2) is 4.02. The monoisotopic (exact) mass is 238 g/mol. The Morgan fingerprint density at radius 3 is 2.59 bits per heavy atom. The van der Waals surface area contributed by atoms with Gasteiger partial charge < -0.3 is 9.84 Å². The number of hydrogen-bond acceptors (Lipinski definition) is 2. The predicted molar refractivity (Wildman–Crippen MR) is 60.9 cm³/mol. The molecule has 0 amide bonds. The third-order valence-electron chi connectivity index (χ3n) is 3.39. The largest absolute Gasteiger partial charge is 0.493 e. The molecule has 1 saturated carbocycles. The van der Waals surface area contributed by atoms with Crippen LogP contribution in [-0.2, 0) is 10.2 Å². The topological polar surface area (TPSA) is 46.5 Å². The van der Waals surface area contributed by atoms with E-state index in [9.17, 15) is 9.18 Å². The van der Waals surface area contributed by atoms with Crippen LogP contribution in [0, 0.1) is 12.7 Å². The normalized spacial score (nSPS) is 16.6. The van der Waals surface area contributed by atoms with Gasteiger partial charge in [0.15, 0.2) is 11.6 Å². The quantitative estimate of drug-likeness (QED) is 0.877. The fourth-order valence-corrected chi connectivity index (χ4v) is 2.30. The van der Waals surface area contributed by atoms with E-state index in [4.69, 9.17) is 9.84 Å². The van der Waals surface area contributed by atoms with Gasteiger partial charge in [-0.25, -0.2) is 4.39 Å². The smallest absolute Gasteiger partial charge is 0.304 e. The lowest BCUT2D eigenvalue weighted by atomic mass is 9.91. The summed E-state index contributed by atoms with van der Waals surface area (Å²) in [6.45, 7) is 1.77. The van der Waals surface area contributed by atoms with Crippen molar-refractivity contribution in [1.82, 2.24) is 0 Å². The molecule has 0 aromatic heterocycles. The number of carbonyl (C=O) groups is 1. The molecule has 2 rings (SSSR count). The van der Waals surface area contributed by atoms with E-state index in [0.29, 0.717) is 5.56 Å². The summed E-state index contributed by atoms with van der Waals surface area (Å²) in [6, 6.07) is 3.24. The van der Waals surface area contributed by atoms with Crippen LogP contribution in [-0.4, -0.2) is 18.2 Å². The lowest BCUT2D eigenvalue weighted by Crippen LogP contribution is -2.13. The number of halogens is 1. The molecule has 1 aliphatic rings. The highest BCUT2D eigenvalue weighted by Gasteiger charge is 2.46. The van der Waals surface area contributed by atoms with Gasteiger partial charge in [0.2, 0.25) is 0 Å². The van der Waals surface area contributed by atoms with Gasteiger partial charge in [-0.3, -0.25) is 4.79 Å². The lowest BCUT2D eigenvalue weighted by Gasteiger charge is -2.16. The Kier molecular flexibility index (Phi) is 2.81. The second-order valence-electron chi connectivity index (χ2n) is 4.66. The molecule has 1 fully saturated rings. The van der Waals surface area contributed by atoms with Gasteiger partial charge in [0.25, 0.3) is 0 Å². The molecular formula is C13H15FO3. The first-order valence-corrected chi connectivity index (χ1v) is 5.55. The highest BCUT2D eigenvalue weighted by molar-refractivity contribution is 5.70. The highest BCUT2D eigenvalue weighted by Crippen LogP contribution is 2.51. The van der Waals surface area contributed by atoms with Crippen LogP contribution in [0.3, 0.4) is 0 Å². The average Bonchev–Trinajstić information content (AvgIpc) is 2.97. The maximum Gasteiger partial charge on any atom is 0.304 e. The molecule has 0 saturated heterocycles. The minimum Gasteiger partial charge on any atom is -0.493 e. The number of ether oxygens (including phenoxy) is 1. The highest BCUT2D eigenvalue weighted by atomic mass is 19.1. The number of aryl methyl sites for hydroxylation is 1. The van der Waals surface area contributed by atoms with Crippen LogP contribution in [0.5, 0.6) is 5.75 Å². The first-order chi connectivity index (χ1) is 7.98. The van der Waals surface area contributed by atoms with E-state index in [0.717, 1.165) is 18.4 Å².